The van der Waals surface area contributed by atoms with Gasteiger partial charge in [0.2, 0.25) is 0 Å². The zero-order chi connectivity index (χ0) is 6.69. The van der Waals surface area contributed by atoms with E-state index in [-0.39, 0.29) is 12.1 Å². The number of nitrogens with one attached hydrogen (secondary N) is 1. The van der Waals surface area contributed by atoms with Gasteiger partial charge >= 0.3 is 0 Å². The highest BCUT2D eigenvalue weighted by molar-refractivity contribution is 6.20. The van der Waals surface area contributed by atoms with Crippen molar-refractivity contribution in [3.05, 3.63) is 0 Å². The van der Waals surface area contributed by atoms with E-state index in [0.717, 1.165) is 19.4 Å². The van der Waals surface area contributed by atoms with Crippen LogP contribution in [0.2, 0.25) is 0 Å². The Morgan fingerprint density at radius 2 is 2.44 bits per heavy atom. The normalized spacial score (nSPS) is 36.7. The minimum atomic E-state index is 0.0326. The highest BCUT2D eigenvalue weighted by atomic mass is 35.5. The molecular weight excluding hydrogens is 138 g/mol. The van der Waals surface area contributed by atoms with Gasteiger partial charge in [0.25, 0.3) is 0 Å². The molecule has 0 amide bonds. The molecule has 1 radical (unpaired) electrons. The summed E-state index contributed by atoms with van der Waals surface area (Å²) < 4.78 is 0. The predicted molar refractivity (Wildman–Crippen MR) is 35.9 cm³/mol. The molecule has 0 aliphatic carbocycles. The second kappa shape index (κ2) is 3.40. The van der Waals surface area contributed by atoms with Crippen LogP contribution in [0.25, 0.3) is 0 Å². The Kier molecular flexibility index (Phi) is 2.76. The summed E-state index contributed by atoms with van der Waals surface area (Å²) in [5.74, 6) is 0.314. The average Bonchev–Trinajstić information content (AvgIpc) is 1.88. The fourth-order valence-electron chi connectivity index (χ4n) is 1.09. The van der Waals surface area contributed by atoms with E-state index in [2.05, 4.69) is 5.32 Å². The van der Waals surface area contributed by atoms with Crippen molar-refractivity contribution in [2.75, 3.05) is 13.2 Å². The Bertz CT molecular complexity index is 89.1. The zero-order valence-corrected chi connectivity index (χ0v) is 6.03. The second-order valence-electron chi connectivity index (χ2n) is 2.48. The van der Waals surface area contributed by atoms with E-state index in [1.54, 1.807) is 0 Å². The first-order valence-corrected chi connectivity index (χ1v) is 3.72. The predicted octanol–water partition coefficient (Wildman–Crippen LogP) is 0.981. The average molecular weight is 149 g/mol. The molecule has 2 atom stereocenters. The Morgan fingerprint density at radius 1 is 1.67 bits per heavy atom. The van der Waals surface area contributed by atoms with Crippen LogP contribution in [0.5, 0.6) is 0 Å². The molecule has 0 spiro atoms. The first-order chi connectivity index (χ1) is 4.33. The van der Waals surface area contributed by atoms with Gasteiger partial charge in [0.05, 0.1) is 12.1 Å². The highest BCUT2D eigenvalue weighted by Crippen LogP contribution is 2.17. The molecule has 53 valence electrons. The summed E-state index contributed by atoms with van der Waals surface area (Å²) in [6.45, 7) is 0.936. The maximum absolute atomic E-state index is 10.3. The summed E-state index contributed by atoms with van der Waals surface area (Å²) in [5.41, 5.74) is 0.0395. The van der Waals surface area contributed by atoms with Gasteiger partial charge in [-0.2, -0.15) is 0 Å². The van der Waals surface area contributed by atoms with Crippen molar-refractivity contribution >= 4 is 11.6 Å². The molecule has 0 saturated carbocycles. The molecule has 1 fully saturated rings. The molecule has 1 aliphatic rings. The van der Waals surface area contributed by atoms with Crippen LogP contribution in [0, 0.1) is 5.92 Å². The summed E-state index contributed by atoms with van der Waals surface area (Å²) in [6, 6.07) is 0. The summed E-state index contributed by atoms with van der Waals surface area (Å²) in [5, 5.41) is 13.4. The van der Waals surface area contributed by atoms with E-state index >= 15 is 0 Å². The maximum atomic E-state index is 10.3. The topological polar surface area (TPSA) is 31.9 Å². The van der Waals surface area contributed by atoms with Crippen LogP contribution in [-0.2, 0) is 5.11 Å². The van der Waals surface area contributed by atoms with Crippen molar-refractivity contribution in [3.63, 3.8) is 0 Å². The van der Waals surface area contributed by atoms with Gasteiger partial charge in [-0.1, -0.05) is 0 Å². The highest BCUT2D eigenvalue weighted by Gasteiger charge is 2.18. The van der Waals surface area contributed by atoms with Gasteiger partial charge in [-0.3, -0.25) is 0 Å². The van der Waals surface area contributed by atoms with Gasteiger partial charge in [0.1, 0.15) is 0 Å². The van der Waals surface area contributed by atoms with Gasteiger partial charge in [-0.25, -0.2) is 5.11 Å². The fourth-order valence-corrected chi connectivity index (χ4v) is 1.45. The van der Waals surface area contributed by atoms with Crippen molar-refractivity contribution in [2.24, 2.45) is 5.92 Å². The fraction of sp³-hybridized carbons (Fsp3) is 1.00. The lowest BCUT2D eigenvalue weighted by molar-refractivity contribution is 0.122. The number of hydrogen-bond donors (Lipinski definition) is 1. The molecular formula is C6H11ClNO. The first kappa shape index (κ1) is 7.32. The van der Waals surface area contributed by atoms with Gasteiger partial charge in [-0.05, 0) is 25.3 Å². The summed E-state index contributed by atoms with van der Waals surface area (Å²) >= 11 is 5.74. The molecule has 1 N–H and O–H groups in total. The maximum Gasteiger partial charge on any atom is 0.0852 e. The van der Waals surface area contributed by atoms with E-state index in [4.69, 9.17) is 11.6 Å². The molecule has 2 nitrogen and oxygen atoms in total. The molecule has 0 aromatic heterocycles. The molecule has 9 heavy (non-hydrogen) atoms. The molecule has 1 rings (SSSR count). The lowest BCUT2D eigenvalue weighted by atomic mass is 9.99. The van der Waals surface area contributed by atoms with E-state index < -0.39 is 0 Å². The SMILES string of the molecule is [O]CC1CCNC(Cl)C1. The van der Waals surface area contributed by atoms with Crippen molar-refractivity contribution < 1.29 is 5.11 Å². The van der Waals surface area contributed by atoms with Crippen molar-refractivity contribution in [3.8, 4) is 0 Å². The van der Waals surface area contributed by atoms with Gasteiger partial charge < -0.3 is 5.32 Å². The summed E-state index contributed by atoms with van der Waals surface area (Å²) in [6.07, 6.45) is 1.83. The molecule has 0 aromatic carbocycles. The zero-order valence-electron chi connectivity index (χ0n) is 5.27. The Labute approximate surface area is 60.2 Å². The van der Waals surface area contributed by atoms with Gasteiger partial charge in [-0.15, -0.1) is 11.6 Å². The van der Waals surface area contributed by atoms with Crippen LogP contribution in [-0.4, -0.2) is 18.7 Å². The van der Waals surface area contributed by atoms with Crippen molar-refractivity contribution in [2.45, 2.75) is 18.3 Å². The number of rotatable bonds is 1. The van der Waals surface area contributed by atoms with E-state index in [9.17, 15) is 5.11 Å². The third-order valence-electron chi connectivity index (χ3n) is 1.69. The third-order valence-corrected chi connectivity index (χ3v) is 2.03. The number of piperidine rings is 1. The Hall–Kier alpha value is 0.210. The van der Waals surface area contributed by atoms with Crippen LogP contribution in [0.15, 0.2) is 0 Å². The quantitative estimate of drug-likeness (QED) is 0.437. The molecule has 0 aromatic rings. The number of halogens is 1. The second-order valence-corrected chi connectivity index (χ2v) is 3.01. The molecule has 1 heterocycles. The van der Waals surface area contributed by atoms with E-state index in [1.807, 2.05) is 0 Å². The smallest absolute Gasteiger partial charge is 0.0852 e. The summed E-state index contributed by atoms with van der Waals surface area (Å²) in [7, 11) is 0. The lowest BCUT2D eigenvalue weighted by Crippen LogP contribution is -2.35. The van der Waals surface area contributed by atoms with Crippen LogP contribution < -0.4 is 5.32 Å². The lowest BCUT2D eigenvalue weighted by Gasteiger charge is -2.23. The minimum absolute atomic E-state index is 0.0326. The van der Waals surface area contributed by atoms with Crippen LogP contribution in [0.1, 0.15) is 12.8 Å². The molecule has 3 heteroatoms. The molecule has 1 aliphatic heterocycles. The van der Waals surface area contributed by atoms with Crippen LogP contribution in [0.4, 0.5) is 0 Å². The number of hydrogen-bond acceptors (Lipinski definition) is 1. The van der Waals surface area contributed by atoms with Crippen LogP contribution in [0.3, 0.4) is 0 Å². The standard InChI is InChI=1S/C6H11ClNO/c7-6-3-5(4-9)1-2-8-6/h5-6,8H,1-4H2. The third kappa shape index (κ3) is 2.12. The Morgan fingerprint density at radius 3 is 2.89 bits per heavy atom. The number of alkyl halides is 1. The molecule has 0 bridgehead atoms. The first-order valence-electron chi connectivity index (χ1n) is 3.28. The Balaban J connectivity index is 2.23. The summed E-state index contributed by atoms with van der Waals surface area (Å²) in [4.78, 5) is 0. The van der Waals surface area contributed by atoms with Gasteiger partial charge in [0, 0.05) is 0 Å². The minimum Gasteiger partial charge on any atom is -0.301 e. The van der Waals surface area contributed by atoms with Crippen LogP contribution >= 0.6 is 11.6 Å². The molecule has 2 unspecified atom stereocenters. The monoisotopic (exact) mass is 148 g/mol. The van der Waals surface area contributed by atoms with E-state index in [0.29, 0.717) is 5.92 Å². The molecule has 1 saturated heterocycles. The van der Waals surface area contributed by atoms with E-state index in [1.165, 1.54) is 0 Å². The van der Waals surface area contributed by atoms with Crippen molar-refractivity contribution in [1.29, 1.82) is 0 Å². The van der Waals surface area contributed by atoms with Crippen molar-refractivity contribution in [1.82, 2.24) is 5.32 Å². The largest absolute Gasteiger partial charge is 0.301 e. The van der Waals surface area contributed by atoms with Gasteiger partial charge in [0.15, 0.2) is 0 Å².